The summed E-state index contributed by atoms with van der Waals surface area (Å²) in [4.78, 5) is 28.8. The first-order valence-electron chi connectivity index (χ1n) is 13.3. The maximum absolute atomic E-state index is 13.7. The van der Waals surface area contributed by atoms with Crippen LogP contribution in [0.3, 0.4) is 0 Å². The van der Waals surface area contributed by atoms with Crippen LogP contribution in [-0.4, -0.2) is 35.9 Å². The van der Waals surface area contributed by atoms with Gasteiger partial charge in [0.05, 0.1) is 0 Å². The highest BCUT2D eigenvalue weighted by molar-refractivity contribution is 6.30. The number of carbonyl (C=O) groups is 2. The lowest BCUT2D eigenvalue weighted by Gasteiger charge is -2.31. The van der Waals surface area contributed by atoms with Crippen molar-refractivity contribution in [2.45, 2.75) is 65.0 Å². The first kappa shape index (κ1) is 29.2. The smallest absolute Gasteiger partial charge is 0.261 e. The van der Waals surface area contributed by atoms with Crippen LogP contribution in [0.4, 0.5) is 0 Å². The second kappa shape index (κ2) is 14.0. The van der Waals surface area contributed by atoms with Crippen LogP contribution < -0.4 is 10.1 Å². The van der Waals surface area contributed by atoms with Gasteiger partial charge in [-0.3, -0.25) is 9.59 Å². The van der Waals surface area contributed by atoms with Crippen LogP contribution in [0.1, 0.15) is 57.2 Å². The summed E-state index contributed by atoms with van der Waals surface area (Å²) in [7, 11) is 0. The van der Waals surface area contributed by atoms with E-state index >= 15 is 0 Å². The van der Waals surface area contributed by atoms with Crippen molar-refractivity contribution in [2.75, 3.05) is 13.2 Å². The molecule has 0 fully saturated rings. The van der Waals surface area contributed by atoms with Gasteiger partial charge in [0.2, 0.25) is 5.91 Å². The number of ether oxygens (including phenoxy) is 1. The standard InChI is InChI=1S/C32H39ClN2O3/c1-5-6-19-34-31(37)29(21-24-11-8-7-9-12-24)35(22-25-13-10-14-27(33)20-25)30(36)23-38-28-17-15-26(16-18-28)32(2,3)4/h7-18,20,29H,5-6,19,21-23H2,1-4H3,(H,34,37)/t29-/m1/s1. The number of carbonyl (C=O) groups excluding carboxylic acids is 2. The molecule has 0 bridgehead atoms. The summed E-state index contributed by atoms with van der Waals surface area (Å²) in [5.74, 6) is 0.171. The van der Waals surface area contributed by atoms with Crippen molar-refractivity contribution >= 4 is 23.4 Å². The number of unbranched alkanes of at least 4 members (excludes halogenated alkanes) is 1. The summed E-state index contributed by atoms with van der Waals surface area (Å²) >= 11 is 6.24. The lowest BCUT2D eigenvalue weighted by Crippen LogP contribution is -2.51. The normalized spacial score (nSPS) is 12.0. The molecule has 0 heterocycles. The van der Waals surface area contributed by atoms with Crippen LogP contribution >= 0.6 is 11.6 Å². The highest BCUT2D eigenvalue weighted by atomic mass is 35.5. The minimum atomic E-state index is -0.701. The Morgan fingerprint density at radius 3 is 2.26 bits per heavy atom. The second-order valence-electron chi connectivity index (χ2n) is 10.6. The van der Waals surface area contributed by atoms with Gasteiger partial charge in [-0.2, -0.15) is 0 Å². The van der Waals surface area contributed by atoms with Crippen LogP contribution in [0.2, 0.25) is 5.02 Å². The molecule has 3 aromatic carbocycles. The van der Waals surface area contributed by atoms with E-state index in [2.05, 4.69) is 33.0 Å². The summed E-state index contributed by atoms with van der Waals surface area (Å²) in [6, 6.07) is 24.2. The van der Waals surface area contributed by atoms with Gasteiger partial charge in [0.25, 0.3) is 5.91 Å². The average Bonchev–Trinajstić information content (AvgIpc) is 2.89. The quantitative estimate of drug-likeness (QED) is 0.267. The number of rotatable bonds is 12. The zero-order chi connectivity index (χ0) is 27.5. The Bertz CT molecular complexity index is 1170. The predicted octanol–water partition coefficient (Wildman–Crippen LogP) is 6.57. The molecule has 0 saturated carbocycles. The molecule has 5 nitrogen and oxygen atoms in total. The molecule has 38 heavy (non-hydrogen) atoms. The topological polar surface area (TPSA) is 58.6 Å². The number of halogens is 1. The van der Waals surface area contributed by atoms with Crippen molar-refractivity contribution in [1.29, 1.82) is 0 Å². The molecule has 0 radical (unpaired) electrons. The Kier molecular flexibility index (Phi) is 10.8. The van der Waals surface area contributed by atoms with E-state index in [1.165, 1.54) is 5.56 Å². The summed E-state index contributed by atoms with van der Waals surface area (Å²) < 4.78 is 5.91. The van der Waals surface area contributed by atoms with E-state index in [0.717, 1.165) is 24.0 Å². The fraction of sp³-hybridized carbons (Fsp3) is 0.375. The molecule has 0 aromatic heterocycles. The van der Waals surface area contributed by atoms with E-state index in [0.29, 0.717) is 23.7 Å². The number of nitrogens with one attached hydrogen (secondary N) is 1. The maximum Gasteiger partial charge on any atom is 0.261 e. The van der Waals surface area contributed by atoms with E-state index < -0.39 is 6.04 Å². The highest BCUT2D eigenvalue weighted by Crippen LogP contribution is 2.24. The van der Waals surface area contributed by atoms with Crippen molar-refractivity contribution in [3.8, 4) is 5.75 Å². The summed E-state index contributed by atoms with van der Waals surface area (Å²) in [6.07, 6.45) is 2.24. The van der Waals surface area contributed by atoms with Gasteiger partial charge in [-0.1, -0.05) is 100 Å². The van der Waals surface area contributed by atoms with Crippen molar-refractivity contribution in [3.63, 3.8) is 0 Å². The molecule has 0 aliphatic carbocycles. The second-order valence-corrected chi connectivity index (χ2v) is 11.0. The number of hydrogen-bond donors (Lipinski definition) is 1. The van der Waals surface area contributed by atoms with E-state index in [1.54, 1.807) is 11.0 Å². The third-order valence-electron chi connectivity index (χ3n) is 6.43. The average molecular weight is 535 g/mol. The van der Waals surface area contributed by atoms with Gasteiger partial charge in [-0.05, 0) is 52.8 Å². The molecule has 0 aliphatic rings. The molecule has 2 amide bonds. The molecule has 0 aliphatic heterocycles. The third kappa shape index (κ3) is 8.91. The van der Waals surface area contributed by atoms with Crippen molar-refractivity contribution in [1.82, 2.24) is 10.2 Å². The van der Waals surface area contributed by atoms with Crippen LogP contribution in [0, 0.1) is 0 Å². The van der Waals surface area contributed by atoms with Crippen LogP contribution in [0.5, 0.6) is 5.75 Å². The van der Waals surface area contributed by atoms with E-state index in [9.17, 15) is 9.59 Å². The Morgan fingerprint density at radius 1 is 0.947 bits per heavy atom. The maximum atomic E-state index is 13.7. The van der Waals surface area contributed by atoms with Crippen LogP contribution in [0.15, 0.2) is 78.9 Å². The number of amides is 2. The molecule has 0 saturated heterocycles. The SMILES string of the molecule is CCCCNC(=O)[C@@H](Cc1ccccc1)N(Cc1cccc(Cl)c1)C(=O)COc1ccc(C(C)(C)C)cc1. The molecule has 1 atom stereocenters. The van der Waals surface area contributed by atoms with Gasteiger partial charge in [0.1, 0.15) is 11.8 Å². The zero-order valence-electron chi connectivity index (χ0n) is 22.9. The molecule has 6 heteroatoms. The predicted molar refractivity (Wildman–Crippen MR) is 154 cm³/mol. The summed E-state index contributed by atoms with van der Waals surface area (Å²) in [5, 5.41) is 3.61. The van der Waals surface area contributed by atoms with Crippen molar-refractivity contribution in [3.05, 3.63) is 101 Å². The van der Waals surface area contributed by atoms with Crippen molar-refractivity contribution < 1.29 is 14.3 Å². The van der Waals surface area contributed by atoms with E-state index in [-0.39, 0.29) is 30.4 Å². The molecular weight excluding hydrogens is 496 g/mol. The Balaban J connectivity index is 1.86. The number of hydrogen-bond acceptors (Lipinski definition) is 3. The molecule has 0 unspecified atom stereocenters. The largest absolute Gasteiger partial charge is 0.484 e. The van der Waals surface area contributed by atoms with Gasteiger partial charge < -0.3 is 15.0 Å². The van der Waals surface area contributed by atoms with E-state index in [4.69, 9.17) is 16.3 Å². The Hall–Kier alpha value is -3.31. The van der Waals surface area contributed by atoms with Crippen LogP contribution in [0.25, 0.3) is 0 Å². The lowest BCUT2D eigenvalue weighted by atomic mass is 9.87. The Morgan fingerprint density at radius 2 is 1.63 bits per heavy atom. The number of nitrogens with zero attached hydrogens (tertiary/aromatic N) is 1. The molecular formula is C32H39ClN2O3. The van der Waals surface area contributed by atoms with Gasteiger partial charge in [-0.15, -0.1) is 0 Å². The lowest BCUT2D eigenvalue weighted by molar-refractivity contribution is -0.142. The third-order valence-corrected chi connectivity index (χ3v) is 6.66. The molecule has 202 valence electrons. The summed E-state index contributed by atoms with van der Waals surface area (Å²) in [5.41, 5.74) is 3.04. The van der Waals surface area contributed by atoms with Gasteiger partial charge in [0, 0.05) is 24.5 Å². The number of benzene rings is 3. The Labute approximate surface area is 232 Å². The molecule has 3 aromatic rings. The van der Waals surface area contributed by atoms with Gasteiger partial charge in [0.15, 0.2) is 6.61 Å². The first-order valence-corrected chi connectivity index (χ1v) is 13.6. The van der Waals surface area contributed by atoms with Gasteiger partial charge >= 0.3 is 0 Å². The fourth-order valence-corrected chi connectivity index (χ4v) is 4.38. The highest BCUT2D eigenvalue weighted by Gasteiger charge is 2.30. The van der Waals surface area contributed by atoms with Crippen LogP contribution in [-0.2, 0) is 28.0 Å². The minimum absolute atomic E-state index is 0.0257. The summed E-state index contributed by atoms with van der Waals surface area (Å²) in [6.45, 7) is 9.16. The van der Waals surface area contributed by atoms with Gasteiger partial charge in [-0.25, -0.2) is 0 Å². The van der Waals surface area contributed by atoms with Crippen molar-refractivity contribution in [2.24, 2.45) is 0 Å². The zero-order valence-corrected chi connectivity index (χ0v) is 23.6. The monoisotopic (exact) mass is 534 g/mol. The first-order chi connectivity index (χ1) is 18.2. The minimum Gasteiger partial charge on any atom is -0.484 e. The molecule has 1 N–H and O–H groups in total. The fourth-order valence-electron chi connectivity index (χ4n) is 4.17. The molecule has 3 rings (SSSR count). The molecule has 0 spiro atoms. The van der Waals surface area contributed by atoms with E-state index in [1.807, 2.05) is 72.8 Å².